The normalized spacial score (nSPS) is 13.8. The first kappa shape index (κ1) is 34.1. The van der Waals surface area contributed by atoms with Crippen molar-refractivity contribution in [2.45, 2.75) is 24.2 Å². The summed E-state index contributed by atoms with van der Waals surface area (Å²) in [4.78, 5) is 26.7. The molecule has 6 rings (SSSR count). The molecule has 0 saturated heterocycles. The molecular weight excluding hydrogens is 657 g/mol. The number of amides is 2. The van der Waals surface area contributed by atoms with E-state index in [0.717, 1.165) is 28.3 Å². The molecule has 5 aromatic rings. The van der Waals surface area contributed by atoms with Crippen LogP contribution in [-0.4, -0.2) is 71.0 Å². The third kappa shape index (κ3) is 7.73. The minimum Gasteiger partial charge on any atom is -0.497 e. The number of carbonyl (C=O) groups is 2. The second kappa shape index (κ2) is 16.1. The van der Waals surface area contributed by atoms with Crippen LogP contribution in [0.2, 0.25) is 0 Å². The Hall–Kier alpha value is -5.82. The average molecular weight is 693 g/mol. The average Bonchev–Trinajstić information content (AvgIpc) is 3.80. The summed E-state index contributed by atoms with van der Waals surface area (Å²) >= 11 is 1.24. The number of benzene rings is 4. The van der Waals surface area contributed by atoms with Crippen LogP contribution in [0.4, 0.5) is 0 Å². The first-order chi connectivity index (χ1) is 24.5. The molecule has 1 N–H and O–H groups in total. The topological polar surface area (TPSA) is 129 Å². The summed E-state index contributed by atoms with van der Waals surface area (Å²) < 4.78 is 24.1. The highest BCUT2D eigenvalue weighted by atomic mass is 32.2. The predicted octanol–water partition coefficient (Wildman–Crippen LogP) is 5.46. The highest BCUT2D eigenvalue weighted by molar-refractivity contribution is 7.99. The molecule has 0 fully saturated rings. The molecule has 0 unspecified atom stereocenters. The highest BCUT2D eigenvalue weighted by Gasteiger charge is 2.36. The third-order valence-electron chi connectivity index (χ3n) is 7.98. The van der Waals surface area contributed by atoms with E-state index in [0.29, 0.717) is 34.7 Å². The van der Waals surface area contributed by atoms with Gasteiger partial charge in [0.25, 0.3) is 11.8 Å². The Morgan fingerprint density at radius 1 is 0.820 bits per heavy atom. The van der Waals surface area contributed by atoms with Crippen LogP contribution < -0.4 is 24.3 Å². The van der Waals surface area contributed by atoms with Gasteiger partial charge in [-0.1, -0.05) is 60.3 Å². The maximum atomic E-state index is 14.1. The molecule has 0 aliphatic carbocycles. The maximum absolute atomic E-state index is 14.1. The quantitative estimate of drug-likeness (QED) is 0.151. The van der Waals surface area contributed by atoms with Crippen LogP contribution >= 0.6 is 11.8 Å². The molecule has 0 bridgehead atoms. The Bertz CT molecular complexity index is 1950. The van der Waals surface area contributed by atoms with Gasteiger partial charge in [0.15, 0.2) is 29.1 Å². The van der Waals surface area contributed by atoms with Gasteiger partial charge in [0.1, 0.15) is 11.5 Å². The van der Waals surface area contributed by atoms with Crippen LogP contribution in [0.5, 0.6) is 23.0 Å². The van der Waals surface area contributed by atoms with Crippen LogP contribution in [0.25, 0.3) is 5.69 Å². The minimum atomic E-state index is -0.443. The molecule has 1 atom stereocenters. The first-order valence-electron chi connectivity index (χ1n) is 15.8. The molecule has 0 radical (unpaired) electrons. The van der Waals surface area contributed by atoms with Gasteiger partial charge >= 0.3 is 0 Å². The van der Waals surface area contributed by atoms with Crippen molar-refractivity contribution in [3.8, 4) is 28.7 Å². The van der Waals surface area contributed by atoms with Gasteiger partial charge in [-0.05, 0) is 60.2 Å². The smallest absolute Gasteiger partial charge is 0.258 e. The molecule has 0 saturated carbocycles. The Morgan fingerprint density at radius 3 is 2.26 bits per heavy atom. The number of rotatable bonds is 14. The van der Waals surface area contributed by atoms with E-state index >= 15 is 0 Å². The van der Waals surface area contributed by atoms with Crippen LogP contribution in [0.1, 0.15) is 29.4 Å². The number of thioether (sulfide) groups is 1. The Labute approximate surface area is 294 Å². The van der Waals surface area contributed by atoms with Crippen LogP contribution in [-0.2, 0) is 16.1 Å². The number of para-hydroxylation sites is 3. The third-order valence-corrected chi connectivity index (χ3v) is 8.89. The van der Waals surface area contributed by atoms with Gasteiger partial charge in [-0.3, -0.25) is 14.2 Å². The lowest BCUT2D eigenvalue weighted by atomic mass is 9.97. The van der Waals surface area contributed by atoms with Crippen molar-refractivity contribution in [3.05, 3.63) is 120 Å². The standard InChI is InChI=1S/C37H36N6O6S/c1-46-27-19-17-25(18-20-27)30-21-31(29-15-10-16-32(47-2)36(29)48-3)43(41-30)35(45)24-50-37-40-39-33(42(37)26-11-6-4-7-12-26)22-38-34(44)23-49-28-13-8-5-9-14-28/h4-20,31H,21-24H2,1-3H3,(H,38,44)/t31-/m0/s1. The Kier molecular flexibility index (Phi) is 10.9. The fourth-order valence-corrected chi connectivity index (χ4v) is 6.37. The fraction of sp³-hybridized carbons (Fsp3) is 0.216. The van der Waals surface area contributed by atoms with Crippen molar-refractivity contribution in [2.24, 2.45) is 5.10 Å². The molecule has 0 spiro atoms. The van der Waals surface area contributed by atoms with E-state index in [1.165, 1.54) is 16.8 Å². The lowest BCUT2D eigenvalue weighted by molar-refractivity contribution is -0.130. The van der Waals surface area contributed by atoms with Crippen LogP contribution in [0.3, 0.4) is 0 Å². The predicted molar refractivity (Wildman–Crippen MR) is 189 cm³/mol. The summed E-state index contributed by atoms with van der Waals surface area (Å²) in [6.45, 7) is -0.0412. The molecule has 1 aliphatic rings. The van der Waals surface area contributed by atoms with Crippen molar-refractivity contribution in [3.63, 3.8) is 0 Å². The van der Waals surface area contributed by atoms with Crippen LogP contribution in [0, 0.1) is 0 Å². The number of nitrogens with zero attached hydrogens (tertiary/aromatic N) is 5. The molecule has 2 heterocycles. The Morgan fingerprint density at radius 2 is 1.56 bits per heavy atom. The lowest BCUT2D eigenvalue weighted by Gasteiger charge is -2.24. The zero-order valence-electron chi connectivity index (χ0n) is 27.8. The van der Waals surface area contributed by atoms with Crippen molar-refractivity contribution < 1.29 is 28.5 Å². The molecule has 13 heteroatoms. The van der Waals surface area contributed by atoms with E-state index in [1.54, 1.807) is 33.5 Å². The second-order valence-electron chi connectivity index (χ2n) is 11.1. The van der Waals surface area contributed by atoms with Crippen molar-refractivity contribution >= 4 is 29.3 Å². The van der Waals surface area contributed by atoms with Crippen molar-refractivity contribution in [1.29, 1.82) is 0 Å². The highest BCUT2D eigenvalue weighted by Crippen LogP contribution is 2.42. The molecule has 1 aliphatic heterocycles. The van der Waals surface area contributed by atoms with Crippen LogP contribution in [0.15, 0.2) is 113 Å². The monoisotopic (exact) mass is 692 g/mol. The Balaban J connectivity index is 1.22. The largest absolute Gasteiger partial charge is 0.497 e. The van der Waals surface area contributed by atoms with E-state index in [1.807, 2.05) is 95.6 Å². The molecule has 256 valence electrons. The molecular formula is C37H36N6O6S. The van der Waals surface area contributed by atoms with E-state index in [2.05, 4.69) is 15.5 Å². The minimum absolute atomic E-state index is 0.0183. The number of aromatic nitrogens is 3. The second-order valence-corrected chi connectivity index (χ2v) is 12.0. The number of carbonyl (C=O) groups excluding carboxylic acids is 2. The van der Waals surface area contributed by atoms with E-state index < -0.39 is 6.04 Å². The number of hydrogen-bond acceptors (Lipinski definition) is 10. The van der Waals surface area contributed by atoms with Gasteiger partial charge in [0.2, 0.25) is 0 Å². The number of ether oxygens (including phenoxy) is 4. The summed E-state index contributed by atoms with van der Waals surface area (Å²) in [6, 6.07) is 31.4. The zero-order valence-corrected chi connectivity index (χ0v) is 28.6. The molecule has 1 aromatic heterocycles. The number of methoxy groups -OCH3 is 3. The number of nitrogens with one attached hydrogen (secondary N) is 1. The SMILES string of the molecule is COc1ccc(C2=NN(C(=O)CSc3nnc(CNC(=O)COc4ccccc4)n3-c3ccccc3)[C@H](c3cccc(OC)c3OC)C2)cc1. The van der Waals surface area contributed by atoms with E-state index in [-0.39, 0.29) is 30.7 Å². The van der Waals surface area contributed by atoms with Gasteiger partial charge in [0.05, 0.1) is 45.4 Å². The van der Waals surface area contributed by atoms with Crippen molar-refractivity contribution in [1.82, 2.24) is 25.1 Å². The van der Waals surface area contributed by atoms with Gasteiger partial charge < -0.3 is 24.3 Å². The number of hydrogen-bond donors (Lipinski definition) is 1. The van der Waals surface area contributed by atoms with Crippen molar-refractivity contribution in [2.75, 3.05) is 33.7 Å². The summed E-state index contributed by atoms with van der Waals surface area (Å²) in [5.41, 5.74) is 3.20. The maximum Gasteiger partial charge on any atom is 0.258 e. The molecule has 50 heavy (non-hydrogen) atoms. The summed E-state index contributed by atoms with van der Waals surface area (Å²) in [5, 5.41) is 18.5. The fourth-order valence-electron chi connectivity index (χ4n) is 5.55. The molecule has 12 nitrogen and oxygen atoms in total. The zero-order chi connectivity index (χ0) is 34.9. The summed E-state index contributed by atoms with van der Waals surface area (Å²) in [6.07, 6.45) is 0.463. The molecule has 4 aromatic carbocycles. The van der Waals surface area contributed by atoms with Gasteiger partial charge in [-0.25, -0.2) is 5.01 Å². The molecule has 2 amide bonds. The number of hydrazone groups is 1. The van der Waals surface area contributed by atoms with E-state index in [9.17, 15) is 9.59 Å². The van der Waals surface area contributed by atoms with Gasteiger partial charge in [-0.15, -0.1) is 10.2 Å². The first-order valence-corrected chi connectivity index (χ1v) is 16.8. The van der Waals surface area contributed by atoms with E-state index in [4.69, 9.17) is 24.0 Å². The van der Waals surface area contributed by atoms with Gasteiger partial charge in [0, 0.05) is 17.7 Å². The summed E-state index contributed by atoms with van der Waals surface area (Å²) in [7, 11) is 4.78. The lowest BCUT2D eigenvalue weighted by Crippen LogP contribution is -2.29. The summed E-state index contributed by atoms with van der Waals surface area (Å²) in [5.74, 6) is 2.41. The van der Waals surface area contributed by atoms with Gasteiger partial charge in [-0.2, -0.15) is 5.10 Å².